The number of Topliss-reactive ketones (excluding diaryl/α,β-unsaturated/α-hetero) is 1. The number of piperidine rings is 1. The Morgan fingerprint density at radius 3 is 2.28 bits per heavy atom. The number of nitrogens with one attached hydrogen (secondary N) is 1. The fourth-order valence-corrected chi connectivity index (χ4v) is 2.36. The molecule has 25 heavy (non-hydrogen) atoms. The molecule has 0 bridgehead atoms. The van der Waals surface area contributed by atoms with E-state index in [9.17, 15) is 19.2 Å². The van der Waals surface area contributed by atoms with Crippen LogP contribution >= 0.6 is 0 Å². The molecule has 1 aliphatic heterocycles. The first-order chi connectivity index (χ1) is 11.9. The fourth-order valence-electron chi connectivity index (χ4n) is 2.36. The molecule has 0 aliphatic carbocycles. The number of anilines is 1. The Morgan fingerprint density at radius 1 is 1.12 bits per heavy atom. The number of benzene rings is 1. The van der Waals surface area contributed by atoms with Gasteiger partial charge in [-0.25, -0.2) is 4.79 Å². The van der Waals surface area contributed by atoms with E-state index >= 15 is 0 Å². The lowest BCUT2D eigenvalue weighted by atomic mass is 10.1. The maximum absolute atomic E-state index is 12.2. The zero-order valence-corrected chi connectivity index (χ0v) is 14.2. The number of rotatable bonds is 4. The fraction of sp³-hybridized carbons (Fsp3) is 0.333. The monoisotopic (exact) mass is 344 g/mol. The highest BCUT2D eigenvalue weighted by Crippen LogP contribution is 2.12. The van der Waals surface area contributed by atoms with E-state index in [2.05, 4.69) is 10.1 Å². The Balaban J connectivity index is 1.96. The van der Waals surface area contributed by atoms with Gasteiger partial charge in [-0.15, -0.1) is 0 Å². The highest BCUT2D eigenvalue weighted by molar-refractivity contribution is 6.07. The van der Waals surface area contributed by atoms with Crippen LogP contribution in [0.15, 0.2) is 35.9 Å². The second-order valence-electron chi connectivity index (χ2n) is 5.71. The number of ketones is 1. The third-order valence-electron chi connectivity index (χ3n) is 3.89. The molecule has 2 amide bonds. The van der Waals surface area contributed by atoms with Crippen molar-refractivity contribution in [2.24, 2.45) is 0 Å². The van der Waals surface area contributed by atoms with E-state index in [-0.39, 0.29) is 17.3 Å². The molecule has 7 nitrogen and oxygen atoms in total. The van der Waals surface area contributed by atoms with Crippen molar-refractivity contribution in [1.29, 1.82) is 0 Å². The Kier molecular flexibility index (Phi) is 6.05. The van der Waals surface area contributed by atoms with Crippen LogP contribution in [0.3, 0.4) is 0 Å². The first kappa shape index (κ1) is 18.4. The lowest BCUT2D eigenvalue weighted by molar-refractivity contribution is -0.130. The molecule has 7 heteroatoms. The summed E-state index contributed by atoms with van der Waals surface area (Å²) < 4.78 is 4.60. The van der Waals surface area contributed by atoms with Gasteiger partial charge in [0.2, 0.25) is 5.91 Å². The average Bonchev–Trinajstić information content (AvgIpc) is 2.62. The molecule has 2 rings (SSSR count). The van der Waals surface area contributed by atoms with Gasteiger partial charge in [0.15, 0.2) is 0 Å². The number of carbonyl (C=O) groups is 4. The molecule has 0 unspecified atom stereocenters. The number of carbonyl (C=O) groups excluding carboxylic acids is 4. The maximum Gasteiger partial charge on any atom is 0.337 e. The van der Waals surface area contributed by atoms with Crippen molar-refractivity contribution in [3.8, 4) is 0 Å². The van der Waals surface area contributed by atoms with E-state index in [1.807, 2.05) is 0 Å². The Bertz CT molecular complexity index is 711. The molecular weight excluding hydrogens is 324 g/mol. The van der Waals surface area contributed by atoms with Crippen LogP contribution in [0.1, 0.15) is 30.1 Å². The molecule has 1 aromatic carbocycles. The molecule has 1 aliphatic rings. The minimum absolute atomic E-state index is 0.151. The van der Waals surface area contributed by atoms with Crippen LogP contribution in [0.4, 0.5) is 5.69 Å². The summed E-state index contributed by atoms with van der Waals surface area (Å²) in [5.41, 5.74) is 1.14. The number of hydrogen-bond acceptors (Lipinski definition) is 5. The van der Waals surface area contributed by atoms with Crippen molar-refractivity contribution in [3.63, 3.8) is 0 Å². The summed E-state index contributed by atoms with van der Waals surface area (Å²) in [6.07, 6.45) is 1.99. The second kappa shape index (κ2) is 8.23. The van der Waals surface area contributed by atoms with Crippen molar-refractivity contribution < 1.29 is 23.9 Å². The van der Waals surface area contributed by atoms with Crippen LogP contribution < -0.4 is 5.32 Å². The summed E-state index contributed by atoms with van der Waals surface area (Å²) in [4.78, 5) is 48.4. The van der Waals surface area contributed by atoms with Crippen molar-refractivity contribution in [2.75, 3.05) is 25.5 Å². The standard InChI is InChI=1S/C18H20N2O5/c1-12(11-16(22)20-9-7-15(21)8-10-20)17(23)19-14-5-3-13(4-6-14)18(24)25-2/h3-6,11H,7-10H2,1-2H3,(H,19,23)/b12-11+. The smallest absolute Gasteiger partial charge is 0.337 e. The molecule has 0 spiro atoms. The zero-order valence-electron chi connectivity index (χ0n) is 14.2. The molecule has 1 aromatic rings. The van der Waals surface area contributed by atoms with E-state index in [1.165, 1.54) is 25.3 Å². The van der Waals surface area contributed by atoms with E-state index in [0.29, 0.717) is 37.2 Å². The molecule has 132 valence electrons. The second-order valence-corrected chi connectivity index (χ2v) is 5.71. The third-order valence-corrected chi connectivity index (χ3v) is 3.89. The van der Waals surface area contributed by atoms with Gasteiger partial charge in [0, 0.05) is 43.3 Å². The summed E-state index contributed by atoms with van der Waals surface area (Å²) in [7, 11) is 1.29. The lowest BCUT2D eigenvalue weighted by Crippen LogP contribution is -2.38. The summed E-state index contributed by atoms with van der Waals surface area (Å²) in [5.74, 6) is -0.995. The SMILES string of the molecule is COC(=O)c1ccc(NC(=O)/C(C)=C/C(=O)N2CCC(=O)CC2)cc1. The summed E-state index contributed by atoms with van der Waals surface area (Å²) >= 11 is 0. The summed E-state index contributed by atoms with van der Waals surface area (Å²) in [6, 6.07) is 6.23. The van der Waals surface area contributed by atoms with Crippen molar-refractivity contribution in [1.82, 2.24) is 4.90 Å². The normalized spacial score (nSPS) is 14.9. The number of amides is 2. The molecule has 0 atom stereocenters. The van der Waals surface area contributed by atoms with Gasteiger partial charge in [-0.05, 0) is 31.2 Å². The first-order valence-electron chi connectivity index (χ1n) is 7.89. The molecule has 0 radical (unpaired) electrons. The third kappa shape index (κ3) is 5.00. The maximum atomic E-state index is 12.2. The molecule has 1 saturated heterocycles. The van der Waals surface area contributed by atoms with Gasteiger partial charge in [-0.2, -0.15) is 0 Å². The predicted octanol–water partition coefficient (Wildman–Crippen LogP) is 1.55. The molecule has 0 aromatic heterocycles. The zero-order chi connectivity index (χ0) is 18.4. The quantitative estimate of drug-likeness (QED) is 0.661. The van der Waals surface area contributed by atoms with Crippen LogP contribution in [0.5, 0.6) is 0 Å². The highest BCUT2D eigenvalue weighted by Gasteiger charge is 2.20. The minimum atomic E-state index is -0.459. The molecule has 1 N–H and O–H groups in total. The van der Waals surface area contributed by atoms with Gasteiger partial charge < -0.3 is 15.0 Å². The first-order valence-corrected chi connectivity index (χ1v) is 7.89. The average molecular weight is 344 g/mol. The van der Waals surface area contributed by atoms with Crippen LogP contribution in [-0.2, 0) is 19.1 Å². The lowest BCUT2D eigenvalue weighted by Gasteiger charge is -2.24. The van der Waals surface area contributed by atoms with Gasteiger partial charge in [-0.1, -0.05) is 0 Å². The Hall–Kier alpha value is -2.96. The number of hydrogen-bond donors (Lipinski definition) is 1. The number of likely N-dealkylation sites (tertiary alicyclic amines) is 1. The minimum Gasteiger partial charge on any atom is -0.465 e. The van der Waals surface area contributed by atoms with Crippen molar-refractivity contribution in [3.05, 3.63) is 41.5 Å². The number of ether oxygens (including phenoxy) is 1. The van der Waals surface area contributed by atoms with Crippen molar-refractivity contribution in [2.45, 2.75) is 19.8 Å². The van der Waals surface area contributed by atoms with E-state index in [4.69, 9.17) is 0 Å². The summed E-state index contributed by atoms with van der Waals surface area (Å²) in [5, 5.41) is 2.66. The Labute approximate surface area is 145 Å². The van der Waals surface area contributed by atoms with Gasteiger partial charge in [0.1, 0.15) is 5.78 Å². The molecule has 1 heterocycles. The largest absolute Gasteiger partial charge is 0.465 e. The topological polar surface area (TPSA) is 92.8 Å². The number of methoxy groups -OCH3 is 1. The predicted molar refractivity (Wildman–Crippen MR) is 91.0 cm³/mol. The molecule has 1 fully saturated rings. The Morgan fingerprint density at radius 2 is 1.72 bits per heavy atom. The summed E-state index contributed by atoms with van der Waals surface area (Å²) in [6.45, 7) is 2.32. The molecular formula is C18H20N2O5. The van der Waals surface area contributed by atoms with Gasteiger partial charge in [0.05, 0.1) is 12.7 Å². The highest BCUT2D eigenvalue weighted by atomic mass is 16.5. The number of nitrogens with zero attached hydrogens (tertiary/aromatic N) is 1. The molecule has 0 saturated carbocycles. The van der Waals surface area contributed by atoms with Gasteiger partial charge in [-0.3, -0.25) is 14.4 Å². The van der Waals surface area contributed by atoms with E-state index in [1.54, 1.807) is 24.0 Å². The number of esters is 1. The van der Waals surface area contributed by atoms with Crippen LogP contribution in [0.25, 0.3) is 0 Å². The van der Waals surface area contributed by atoms with Crippen LogP contribution in [0, 0.1) is 0 Å². The van der Waals surface area contributed by atoms with E-state index < -0.39 is 11.9 Å². The van der Waals surface area contributed by atoms with Gasteiger partial charge >= 0.3 is 5.97 Å². The van der Waals surface area contributed by atoms with Gasteiger partial charge in [0.25, 0.3) is 5.91 Å². The van der Waals surface area contributed by atoms with E-state index in [0.717, 1.165) is 0 Å². The van der Waals surface area contributed by atoms with Crippen LogP contribution in [-0.4, -0.2) is 48.7 Å². The van der Waals surface area contributed by atoms with Crippen molar-refractivity contribution >= 4 is 29.3 Å². The van der Waals surface area contributed by atoms with Crippen LogP contribution in [0.2, 0.25) is 0 Å².